The number of aliphatic hydroxyl groups is 1. The first-order chi connectivity index (χ1) is 8.76. The number of ether oxygens (including phenoxy) is 1. The molecule has 0 amide bonds. The van der Waals surface area contributed by atoms with Crippen LogP contribution in [0.5, 0.6) is 5.75 Å². The molecular formula is C12H11ClN2O2S. The minimum absolute atomic E-state index is 0.197. The van der Waals surface area contributed by atoms with E-state index in [1.807, 2.05) is 24.3 Å². The van der Waals surface area contributed by atoms with Gasteiger partial charge in [0.15, 0.2) is 0 Å². The van der Waals surface area contributed by atoms with Crippen LogP contribution in [0, 0.1) is 0 Å². The lowest BCUT2D eigenvalue weighted by Gasteiger charge is -2.09. The smallest absolute Gasteiger partial charge is 0.139 e. The summed E-state index contributed by atoms with van der Waals surface area (Å²) in [6.45, 7) is -0.197. The second kappa shape index (κ2) is 6.04. The summed E-state index contributed by atoms with van der Waals surface area (Å²) in [5.41, 5.74) is 0.523. The third-order valence-electron chi connectivity index (χ3n) is 2.29. The van der Waals surface area contributed by atoms with E-state index in [4.69, 9.17) is 16.3 Å². The number of hydrogen-bond donors (Lipinski definition) is 1. The van der Waals surface area contributed by atoms with E-state index in [1.54, 1.807) is 7.11 Å². The predicted octanol–water partition coefficient (Wildman–Crippen LogP) is 2.78. The highest BCUT2D eigenvalue weighted by Gasteiger charge is 2.12. The van der Waals surface area contributed by atoms with Gasteiger partial charge in [-0.05, 0) is 12.1 Å². The van der Waals surface area contributed by atoms with Gasteiger partial charge in [0.2, 0.25) is 0 Å². The van der Waals surface area contributed by atoms with Crippen LogP contribution < -0.4 is 4.74 Å². The molecule has 0 spiro atoms. The maximum Gasteiger partial charge on any atom is 0.139 e. The summed E-state index contributed by atoms with van der Waals surface area (Å²) in [6, 6.07) is 7.58. The molecule has 0 unspecified atom stereocenters. The number of aliphatic hydroxyl groups excluding tert-OH is 1. The average molecular weight is 283 g/mol. The Hall–Kier alpha value is -1.30. The van der Waals surface area contributed by atoms with E-state index >= 15 is 0 Å². The highest BCUT2D eigenvalue weighted by molar-refractivity contribution is 7.99. The zero-order chi connectivity index (χ0) is 13.0. The highest BCUT2D eigenvalue weighted by atomic mass is 35.5. The fraction of sp³-hybridized carbons (Fsp3) is 0.167. The third kappa shape index (κ3) is 2.75. The quantitative estimate of drug-likeness (QED) is 0.874. The van der Waals surface area contributed by atoms with E-state index in [0.717, 1.165) is 10.6 Å². The molecule has 2 aromatic rings. The van der Waals surface area contributed by atoms with E-state index in [-0.39, 0.29) is 11.8 Å². The van der Waals surface area contributed by atoms with Crippen molar-refractivity contribution in [2.24, 2.45) is 0 Å². The lowest BCUT2D eigenvalue weighted by atomic mass is 10.3. The average Bonchev–Trinajstić information content (AvgIpc) is 2.40. The summed E-state index contributed by atoms with van der Waals surface area (Å²) in [5.74, 6) is 0.751. The molecule has 0 aliphatic carbocycles. The molecule has 1 aromatic heterocycles. The Balaban J connectivity index is 2.37. The number of halogens is 1. The third-order valence-corrected chi connectivity index (χ3v) is 3.72. The van der Waals surface area contributed by atoms with Crippen molar-refractivity contribution in [2.75, 3.05) is 7.11 Å². The SMILES string of the molecule is COc1ccccc1Sc1ncnc(Cl)c1CO. The number of para-hydroxylation sites is 1. The number of aromatic nitrogens is 2. The molecule has 0 atom stereocenters. The molecule has 6 heteroatoms. The number of benzene rings is 1. The van der Waals surface area contributed by atoms with Crippen molar-refractivity contribution >= 4 is 23.4 Å². The number of nitrogens with zero attached hydrogens (tertiary/aromatic N) is 2. The summed E-state index contributed by atoms with van der Waals surface area (Å²) in [7, 11) is 1.61. The lowest BCUT2D eigenvalue weighted by molar-refractivity contribution is 0.277. The van der Waals surface area contributed by atoms with E-state index in [2.05, 4.69) is 9.97 Å². The van der Waals surface area contributed by atoms with Crippen LogP contribution in [0.25, 0.3) is 0 Å². The molecule has 0 fully saturated rings. The van der Waals surface area contributed by atoms with Gasteiger partial charge in [-0.25, -0.2) is 9.97 Å². The normalized spacial score (nSPS) is 10.4. The monoisotopic (exact) mass is 282 g/mol. The number of hydrogen-bond acceptors (Lipinski definition) is 5. The first-order valence-electron chi connectivity index (χ1n) is 5.17. The molecule has 94 valence electrons. The van der Waals surface area contributed by atoms with Gasteiger partial charge in [0.1, 0.15) is 22.3 Å². The topological polar surface area (TPSA) is 55.2 Å². The molecule has 1 N–H and O–H groups in total. The first-order valence-corrected chi connectivity index (χ1v) is 6.36. The van der Waals surface area contributed by atoms with Crippen LogP contribution in [0.2, 0.25) is 5.15 Å². The minimum Gasteiger partial charge on any atom is -0.496 e. The molecule has 0 radical (unpaired) electrons. The molecule has 2 rings (SSSR count). The first kappa shape index (κ1) is 13.1. The summed E-state index contributed by atoms with van der Waals surface area (Å²) < 4.78 is 5.26. The van der Waals surface area contributed by atoms with Crippen LogP contribution in [0.3, 0.4) is 0 Å². The van der Waals surface area contributed by atoms with Crippen LogP contribution in [0.15, 0.2) is 40.5 Å². The standard InChI is InChI=1S/C12H11ClN2O2S/c1-17-9-4-2-3-5-10(9)18-12-8(6-16)11(13)14-7-15-12/h2-5,7,16H,6H2,1H3. The van der Waals surface area contributed by atoms with Crippen LogP contribution in [0.1, 0.15) is 5.56 Å². The van der Waals surface area contributed by atoms with Crippen molar-refractivity contribution in [3.8, 4) is 5.75 Å². The van der Waals surface area contributed by atoms with Crippen molar-refractivity contribution in [2.45, 2.75) is 16.5 Å². The summed E-state index contributed by atoms with van der Waals surface area (Å²) in [4.78, 5) is 8.88. The van der Waals surface area contributed by atoms with E-state index in [1.165, 1.54) is 18.1 Å². The Labute approximate surface area is 114 Å². The van der Waals surface area contributed by atoms with E-state index < -0.39 is 0 Å². The molecule has 0 bridgehead atoms. The number of rotatable bonds is 4. The van der Waals surface area contributed by atoms with Crippen LogP contribution in [-0.2, 0) is 6.61 Å². The molecule has 1 heterocycles. The molecule has 1 aromatic carbocycles. The number of methoxy groups -OCH3 is 1. The Bertz CT molecular complexity index is 551. The maximum atomic E-state index is 9.29. The zero-order valence-electron chi connectivity index (χ0n) is 9.63. The summed E-state index contributed by atoms with van der Waals surface area (Å²) in [5, 5.41) is 10.2. The van der Waals surface area contributed by atoms with Gasteiger partial charge in [0, 0.05) is 5.56 Å². The van der Waals surface area contributed by atoms with Crippen molar-refractivity contribution in [3.05, 3.63) is 41.3 Å². The van der Waals surface area contributed by atoms with E-state index in [0.29, 0.717) is 10.6 Å². The van der Waals surface area contributed by atoms with Crippen LogP contribution in [0.4, 0.5) is 0 Å². The Morgan fingerprint density at radius 2 is 2.11 bits per heavy atom. The van der Waals surface area contributed by atoms with Gasteiger partial charge in [-0.2, -0.15) is 0 Å². The van der Waals surface area contributed by atoms with Gasteiger partial charge in [-0.15, -0.1) is 0 Å². The predicted molar refractivity (Wildman–Crippen MR) is 70.1 cm³/mol. The summed E-state index contributed by atoms with van der Waals surface area (Å²) in [6.07, 6.45) is 1.37. The van der Waals surface area contributed by atoms with Gasteiger partial charge in [0.25, 0.3) is 0 Å². The van der Waals surface area contributed by atoms with Crippen molar-refractivity contribution in [1.29, 1.82) is 0 Å². The fourth-order valence-electron chi connectivity index (χ4n) is 1.40. The Morgan fingerprint density at radius 1 is 1.33 bits per heavy atom. The van der Waals surface area contributed by atoms with Crippen molar-refractivity contribution < 1.29 is 9.84 Å². The molecule has 0 aliphatic rings. The minimum atomic E-state index is -0.197. The van der Waals surface area contributed by atoms with Crippen molar-refractivity contribution in [1.82, 2.24) is 9.97 Å². The molecular weight excluding hydrogens is 272 g/mol. The molecule has 4 nitrogen and oxygen atoms in total. The fourth-order valence-corrected chi connectivity index (χ4v) is 2.64. The Kier molecular flexibility index (Phi) is 4.41. The van der Waals surface area contributed by atoms with Gasteiger partial charge in [0.05, 0.1) is 18.6 Å². The highest BCUT2D eigenvalue weighted by Crippen LogP contribution is 2.36. The lowest BCUT2D eigenvalue weighted by Crippen LogP contribution is -1.95. The van der Waals surface area contributed by atoms with Crippen molar-refractivity contribution in [3.63, 3.8) is 0 Å². The molecule has 0 saturated carbocycles. The second-order valence-electron chi connectivity index (χ2n) is 3.36. The second-order valence-corrected chi connectivity index (χ2v) is 4.75. The zero-order valence-corrected chi connectivity index (χ0v) is 11.2. The summed E-state index contributed by atoms with van der Waals surface area (Å²) >= 11 is 7.30. The maximum absolute atomic E-state index is 9.29. The van der Waals surface area contributed by atoms with Crippen LogP contribution >= 0.6 is 23.4 Å². The Morgan fingerprint density at radius 3 is 2.83 bits per heavy atom. The van der Waals surface area contributed by atoms with Gasteiger partial charge >= 0.3 is 0 Å². The van der Waals surface area contributed by atoms with E-state index in [9.17, 15) is 5.11 Å². The molecule has 0 aliphatic heterocycles. The van der Waals surface area contributed by atoms with Gasteiger partial charge < -0.3 is 9.84 Å². The largest absolute Gasteiger partial charge is 0.496 e. The van der Waals surface area contributed by atoms with Gasteiger partial charge in [-0.3, -0.25) is 0 Å². The molecule has 0 saturated heterocycles. The van der Waals surface area contributed by atoms with Gasteiger partial charge in [-0.1, -0.05) is 35.5 Å². The van der Waals surface area contributed by atoms with Crippen LogP contribution in [-0.4, -0.2) is 22.2 Å². The molecule has 18 heavy (non-hydrogen) atoms.